The van der Waals surface area contributed by atoms with Crippen LogP contribution in [0.3, 0.4) is 0 Å². The Morgan fingerprint density at radius 3 is 2.80 bits per heavy atom. The van der Waals surface area contributed by atoms with E-state index in [1.165, 1.54) is 12.1 Å². The van der Waals surface area contributed by atoms with Gasteiger partial charge < -0.3 is 10.6 Å². The van der Waals surface area contributed by atoms with Gasteiger partial charge in [0.05, 0.1) is 4.92 Å². The van der Waals surface area contributed by atoms with Crippen molar-refractivity contribution in [2.45, 2.75) is 19.4 Å². The van der Waals surface area contributed by atoms with Crippen LogP contribution < -0.4 is 10.6 Å². The van der Waals surface area contributed by atoms with Crippen LogP contribution in [0.5, 0.6) is 0 Å². The Morgan fingerprint density at radius 1 is 1.40 bits per heavy atom. The van der Waals surface area contributed by atoms with Gasteiger partial charge in [-0.25, -0.2) is 0 Å². The minimum atomic E-state index is -0.428. The van der Waals surface area contributed by atoms with E-state index in [0.717, 1.165) is 12.8 Å². The van der Waals surface area contributed by atoms with Crippen molar-refractivity contribution >= 4 is 23.2 Å². The van der Waals surface area contributed by atoms with Crippen molar-refractivity contribution in [3.05, 3.63) is 38.9 Å². The Hall–Kier alpha value is -1.66. The molecule has 0 unspecified atom stereocenters. The van der Waals surface area contributed by atoms with Crippen molar-refractivity contribution in [1.82, 2.24) is 10.6 Å². The number of hydrogen-bond acceptors (Lipinski definition) is 4. The Kier molecular flexibility index (Phi) is 4.92. The Labute approximate surface area is 121 Å². The summed E-state index contributed by atoms with van der Waals surface area (Å²) >= 11 is 5.84. The first kappa shape index (κ1) is 14.7. The van der Waals surface area contributed by atoms with Crippen molar-refractivity contribution in [2.24, 2.45) is 5.92 Å². The van der Waals surface area contributed by atoms with E-state index in [4.69, 9.17) is 11.6 Å². The van der Waals surface area contributed by atoms with E-state index in [2.05, 4.69) is 10.6 Å². The molecule has 6 nitrogen and oxygen atoms in total. The minimum Gasteiger partial charge on any atom is -0.355 e. The topological polar surface area (TPSA) is 84.3 Å². The summed E-state index contributed by atoms with van der Waals surface area (Å²) in [6, 6.07) is 4.47. The quantitative estimate of drug-likeness (QED) is 0.457. The third-order valence-electron chi connectivity index (χ3n) is 3.10. The molecule has 0 radical (unpaired) electrons. The lowest BCUT2D eigenvalue weighted by Crippen LogP contribution is -2.32. The number of nitrogens with one attached hydrogen (secondary N) is 2. The van der Waals surface area contributed by atoms with Gasteiger partial charge in [0.15, 0.2) is 0 Å². The van der Waals surface area contributed by atoms with Gasteiger partial charge in [-0.1, -0.05) is 11.6 Å². The number of carbonyl (C=O) groups is 1. The fourth-order valence-electron chi connectivity index (χ4n) is 1.86. The van der Waals surface area contributed by atoms with Gasteiger partial charge in [-0.15, -0.1) is 0 Å². The van der Waals surface area contributed by atoms with Gasteiger partial charge in [-0.2, -0.15) is 0 Å². The summed E-state index contributed by atoms with van der Waals surface area (Å²) in [5.41, 5.74) is 0.583. The standard InChI is InChI=1S/C13H16ClN3O3/c14-11-3-4-12(17(19)20)10(7-11)8-15-5-6-16-13(18)9-1-2-9/h3-4,7,9,15H,1-2,5-6,8H2,(H,16,18). The van der Waals surface area contributed by atoms with E-state index in [1.807, 2.05) is 0 Å². The minimum absolute atomic E-state index is 0.0453. The normalized spacial score (nSPS) is 14.1. The Morgan fingerprint density at radius 2 is 2.15 bits per heavy atom. The number of benzene rings is 1. The highest BCUT2D eigenvalue weighted by molar-refractivity contribution is 6.30. The number of nitro groups is 1. The molecule has 1 aromatic carbocycles. The van der Waals surface area contributed by atoms with Crippen molar-refractivity contribution < 1.29 is 9.72 Å². The molecule has 1 aliphatic rings. The van der Waals surface area contributed by atoms with Crippen molar-refractivity contribution in [1.29, 1.82) is 0 Å². The van der Waals surface area contributed by atoms with Gasteiger partial charge in [0, 0.05) is 42.2 Å². The molecule has 1 amide bonds. The predicted octanol–water partition coefficient (Wildman–Crippen LogP) is 1.86. The fourth-order valence-corrected chi connectivity index (χ4v) is 2.06. The summed E-state index contributed by atoms with van der Waals surface area (Å²) in [6.07, 6.45) is 1.96. The van der Waals surface area contributed by atoms with Gasteiger partial charge in [0.2, 0.25) is 5.91 Å². The first-order valence-electron chi connectivity index (χ1n) is 6.49. The molecule has 0 aliphatic heterocycles. The fraction of sp³-hybridized carbons (Fsp3) is 0.462. The van der Waals surface area contributed by atoms with Gasteiger partial charge in [0.25, 0.3) is 5.69 Å². The summed E-state index contributed by atoms with van der Waals surface area (Å²) in [4.78, 5) is 21.8. The molecule has 1 aliphatic carbocycles. The second-order valence-corrected chi connectivity index (χ2v) is 5.21. The van der Waals surface area contributed by atoms with Crippen LogP contribution in [0.25, 0.3) is 0 Å². The molecular weight excluding hydrogens is 282 g/mol. The second kappa shape index (κ2) is 6.67. The summed E-state index contributed by atoms with van der Waals surface area (Å²) < 4.78 is 0. The predicted molar refractivity (Wildman–Crippen MR) is 75.5 cm³/mol. The van der Waals surface area contributed by atoms with Crippen LogP contribution in [0.1, 0.15) is 18.4 Å². The number of amides is 1. The molecule has 0 heterocycles. The lowest BCUT2D eigenvalue weighted by molar-refractivity contribution is -0.385. The molecule has 1 fully saturated rings. The third kappa shape index (κ3) is 4.18. The molecule has 1 aromatic rings. The maximum absolute atomic E-state index is 11.4. The molecule has 0 spiro atoms. The second-order valence-electron chi connectivity index (χ2n) is 4.77. The number of hydrogen-bond donors (Lipinski definition) is 2. The number of halogens is 1. The summed E-state index contributed by atoms with van der Waals surface area (Å²) in [7, 11) is 0. The van der Waals surface area contributed by atoms with Gasteiger partial charge in [-0.3, -0.25) is 14.9 Å². The van der Waals surface area contributed by atoms with Crippen LogP contribution in [0.15, 0.2) is 18.2 Å². The zero-order valence-electron chi connectivity index (χ0n) is 10.9. The van der Waals surface area contributed by atoms with E-state index in [-0.39, 0.29) is 17.5 Å². The number of rotatable bonds is 7. The first-order chi connectivity index (χ1) is 9.58. The SMILES string of the molecule is O=C(NCCNCc1cc(Cl)ccc1[N+](=O)[O-])C1CC1. The molecule has 20 heavy (non-hydrogen) atoms. The average Bonchev–Trinajstić information content (AvgIpc) is 3.22. The maximum atomic E-state index is 11.4. The Bertz CT molecular complexity index is 518. The Balaban J connectivity index is 1.76. The first-order valence-corrected chi connectivity index (χ1v) is 6.87. The maximum Gasteiger partial charge on any atom is 0.273 e. The van der Waals surface area contributed by atoms with Crippen LogP contribution in [0.4, 0.5) is 5.69 Å². The van der Waals surface area contributed by atoms with Crippen molar-refractivity contribution in [3.63, 3.8) is 0 Å². The molecule has 0 saturated heterocycles. The molecule has 2 N–H and O–H groups in total. The zero-order valence-corrected chi connectivity index (χ0v) is 11.7. The van der Waals surface area contributed by atoms with E-state index < -0.39 is 4.92 Å². The number of nitrogens with zero attached hydrogens (tertiary/aromatic N) is 1. The summed E-state index contributed by atoms with van der Waals surface area (Å²) in [6.45, 7) is 1.42. The average molecular weight is 298 g/mol. The smallest absolute Gasteiger partial charge is 0.273 e. The molecule has 7 heteroatoms. The van der Waals surface area contributed by atoms with Crippen LogP contribution >= 0.6 is 11.6 Å². The van der Waals surface area contributed by atoms with E-state index in [0.29, 0.717) is 30.2 Å². The van der Waals surface area contributed by atoms with Crippen LogP contribution in [-0.4, -0.2) is 23.9 Å². The van der Waals surface area contributed by atoms with Crippen molar-refractivity contribution in [3.8, 4) is 0 Å². The number of nitro benzene ring substituents is 1. The summed E-state index contributed by atoms with van der Waals surface area (Å²) in [5.74, 6) is 0.296. The lowest BCUT2D eigenvalue weighted by Gasteiger charge is -2.07. The largest absolute Gasteiger partial charge is 0.355 e. The molecule has 0 atom stereocenters. The van der Waals surface area contributed by atoms with E-state index in [1.54, 1.807) is 6.07 Å². The van der Waals surface area contributed by atoms with Crippen molar-refractivity contribution in [2.75, 3.05) is 13.1 Å². The lowest BCUT2D eigenvalue weighted by atomic mass is 10.2. The highest BCUT2D eigenvalue weighted by Crippen LogP contribution is 2.28. The highest BCUT2D eigenvalue weighted by Gasteiger charge is 2.28. The van der Waals surface area contributed by atoms with E-state index >= 15 is 0 Å². The third-order valence-corrected chi connectivity index (χ3v) is 3.34. The van der Waals surface area contributed by atoms with Gasteiger partial charge in [0.1, 0.15) is 0 Å². The summed E-state index contributed by atoms with van der Waals surface area (Å²) in [5, 5.41) is 17.2. The van der Waals surface area contributed by atoms with Crippen LogP contribution in [0.2, 0.25) is 5.02 Å². The molecule has 0 bridgehead atoms. The molecular formula is C13H16ClN3O3. The molecule has 2 rings (SSSR count). The molecule has 108 valence electrons. The monoisotopic (exact) mass is 297 g/mol. The van der Waals surface area contributed by atoms with Gasteiger partial charge in [-0.05, 0) is 25.0 Å². The van der Waals surface area contributed by atoms with E-state index in [9.17, 15) is 14.9 Å². The zero-order chi connectivity index (χ0) is 14.5. The molecule has 1 saturated carbocycles. The van der Waals surface area contributed by atoms with Gasteiger partial charge >= 0.3 is 0 Å². The number of carbonyl (C=O) groups excluding carboxylic acids is 1. The molecule has 0 aromatic heterocycles. The van der Waals surface area contributed by atoms with Crippen LogP contribution in [-0.2, 0) is 11.3 Å². The van der Waals surface area contributed by atoms with Crippen LogP contribution in [0, 0.1) is 16.0 Å². The highest BCUT2D eigenvalue weighted by atomic mass is 35.5.